The molecule has 30 heavy (non-hydrogen) atoms. The summed E-state index contributed by atoms with van der Waals surface area (Å²) >= 11 is 0. The maximum atomic E-state index is 12.4. The van der Waals surface area contributed by atoms with Crippen molar-refractivity contribution in [1.82, 2.24) is 15.1 Å². The molecule has 2 N–H and O–H groups in total. The fraction of sp³-hybridized carbons (Fsp3) is 0.227. The van der Waals surface area contributed by atoms with E-state index in [1.54, 1.807) is 55.6 Å². The molecule has 3 rings (SSSR count). The van der Waals surface area contributed by atoms with Crippen molar-refractivity contribution in [3.63, 3.8) is 0 Å². The lowest BCUT2D eigenvalue weighted by molar-refractivity contribution is -0.120. The van der Waals surface area contributed by atoms with Crippen molar-refractivity contribution in [1.29, 1.82) is 0 Å². The van der Waals surface area contributed by atoms with E-state index in [4.69, 9.17) is 9.47 Å². The van der Waals surface area contributed by atoms with Crippen molar-refractivity contribution in [3.8, 4) is 11.5 Å². The number of rotatable bonds is 9. The number of methoxy groups -OCH3 is 2. The molecule has 0 bridgehead atoms. The molecule has 156 valence electrons. The number of aromatic nitrogens is 2. The maximum Gasteiger partial charge on any atom is 0.246 e. The average Bonchev–Trinajstić information content (AvgIpc) is 3.25. The second kappa shape index (κ2) is 10.1. The predicted octanol–water partition coefficient (Wildman–Crippen LogP) is 2.40. The summed E-state index contributed by atoms with van der Waals surface area (Å²) in [5.41, 5.74) is 2.31. The molecule has 8 nitrogen and oxygen atoms in total. The SMILES string of the molecule is COc1ccc(CC(=O)NCc2cccc(NC(=O)Cn3cccn3)c2)c(OC)c1. The lowest BCUT2D eigenvalue weighted by atomic mass is 10.1. The minimum absolute atomic E-state index is 0.133. The third-order valence-electron chi connectivity index (χ3n) is 4.41. The zero-order valence-electron chi connectivity index (χ0n) is 16.9. The normalized spacial score (nSPS) is 10.3. The highest BCUT2D eigenvalue weighted by atomic mass is 16.5. The van der Waals surface area contributed by atoms with E-state index < -0.39 is 0 Å². The van der Waals surface area contributed by atoms with Crippen LogP contribution in [0.1, 0.15) is 11.1 Å². The van der Waals surface area contributed by atoms with Gasteiger partial charge >= 0.3 is 0 Å². The summed E-state index contributed by atoms with van der Waals surface area (Å²) in [6.45, 7) is 0.484. The van der Waals surface area contributed by atoms with Gasteiger partial charge in [0.15, 0.2) is 0 Å². The van der Waals surface area contributed by atoms with Gasteiger partial charge in [0.2, 0.25) is 11.8 Å². The molecule has 2 aromatic carbocycles. The van der Waals surface area contributed by atoms with Crippen LogP contribution in [0.25, 0.3) is 0 Å². The highest BCUT2D eigenvalue weighted by molar-refractivity contribution is 5.90. The molecule has 2 amide bonds. The van der Waals surface area contributed by atoms with Gasteiger partial charge in [0, 0.05) is 36.3 Å². The quantitative estimate of drug-likeness (QED) is 0.567. The minimum atomic E-state index is -0.175. The van der Waals surface area contributed by atoms with Crippen LogP contribution in [0, 0.1) is 0 Å². The largest absolute Gasteiger partial charge is 0.497 e. The molecule has 1 heterocycles. The zero-order chi connectivity index (χ0) is 21.3. The van der Waals surface area contributed by atoms with Crippen molar-refractivity contribution in [2.75, 3.05) is 19.5 Å². The van der Waals surface area contributed by atoms with E-state index in [2.05, 4.69) is 15.7 Å². The summed E-state index contributed by atoms with van der Waals surface area (Å²) in [5.74, 6) is 0.965. The van der Waals surface area contributed by atoms with Gasteiger partial charge < -0.3 is 20.1 Å². The predicted molar refractivity (Wildman–Crippen MR) is 112 cm³/mol. The van der Waals surface area contributed by atoms with Gasteiger partial charge in [-0.3, -0.25) is 14.3 Å². The van der Waals surface area contributed by atoms with Crippen LogP contribution in [0.4, 0.5) is 5.69 Å². The molecule has 0 saturated carbocycles. The number of benzene rings is 2. The monoisotopic (exact) mass is 408 g/mol. The molecular weight excluding hydrogens is 384 g/mol. The number of anilines is 1. The van der Waals surface area contributed by atoms with Crippen molar-refractivity contribution < 1.29 is 19.1 Å². The van der Waals surface area contributed by atoms with E-state index in [-0.39, 0.29) is 24.8 Å². The van der Waals surface area contributed by atoms with Crippen LogP contribution < -0.4 is 20.1 Å². The number of carbonyl (C=O) groups excluding carboxylic acids is 2. The number of nitrogens with one attached hydrogen (secondary N) is 2. The van der Waals surface area contributed by atoms with Crippen molar-refractivity contribution in [2.24, 2.45) is 0 Å². The van der Waals surface area contributed by atoms with Gasteiger partial charge in [0.1, 0.15) is 18.0 Å². The van der Waals surface area contributed by atoms with Crippen molar-refractivity contribution >= 4 is 17.5 Å². The fourth-order valence-electron chi connectivity index (χ4n) is 2.93. The van der Waals surface area contributed by atoms with Crippen LogP contribution in [0.2, 0.25) is 0 Å². The molecule has 0 fully saturated rings. The molecule has 0 radical (unpaired) electrons. The van der Waals surface area contributed by atoms with Crippen molar-refractivity contribution in [3.05, 3.63) is 72.1 Å². The highest BCUT2D eigenvalue weighted by Crippen LogP contribution is 2.24. The van der Waals surface area contributed by atoms with Gasteiger partial charge in [-0.15, -0.1) is 0 Å². The number of hydrogen-bond acceptors (Lipinski definition) is 5. The molecule has 0 aliphatic rings. The fourth-order valence-corrected chi connectivity index (χ4v) is 2.93. The van der Waals surface area contributed by atoms with Crippen LogP contribution in [-0.4, -0.2) is 35.8 Å². The lowest BCUT2D eigenvalue weighted by Crippen LogP contribution is -2.25. The topological polar surface area (TPSA) is 94.5 Å². The first kappa shape index (κ1) is 20.9. The summed E-state index contributed by atoms with van der Waals surface area (Å²) in [6, 6.07) is 14.5. The summed E-state index contributed by atoms with van der Waals surface area (Å²) in [5, 5.41) is 9.74. The Labute approximate surface area is 174 Å². The van der Waals surface area contributed by atoms with E-state index in [1.165, 1.54) is 0 Å². The maximum absolute atomic E-state index is 12.4. The molecule has 0 spiro atoms. The van der Waals surface area contributed by atoms with E-state index >= 15 is 0 Å². The first-order chi connectivity index (χ1) is 14.6. The van der Waals surface area contributed by atoms with E-state index in [0.29, 0.717) is 23.7 Å². The molecule has 0 aliphatic carbocycles. The number of carbonyl (C=O) groups is 2. The molecular formula is C22H24N4O4. The molecule has 1 aromatic heterocycles. The Hall–Kier alpha value is -3.81. The number of ether oxygens (including phenoxy) is 2. The average molecular weight is 408 g/mol. The van der Waals surface area contributed by atoms with E-state index in [9.17, 15) is 9.59 Å². The van der Waals surface area contributed by atoms with Crippen LogP contribution in [0.3, 0.4) is 0 Å². The van der Waals surface area contributed by atoms with Gasteiger partial charge in [-0.05, 0) is 29.8 Å². The summed E-state index contributed by atoms with van der Waals surface area (Å²) in [4.78, 5) is 24.5. The molecule has 0 atom stereocenters. The highest BCUT2D eigenvalue weighted by Gasteiger charge is 2.10. The number of amides is 2. The summed E-state index contributed by atoms with van der Waals surface area (Å²) < 4.78 is 12.1. The summed E-state index contributed by atoms with van der Waals surface area (Å²) in [6.07, 6.45) is 3.54. The second-order valence-corrected chi connectivity index (χ2v) is 6.58. The van der Waals surface area contributed by atoms with E-state index in [1.807, 2.05) is 24.3 Å². The van der Waals surface area contributed by atoms with Crippen LogP contribution >= 0.6 is 0 Å². The third-order valence-corrected chi connectivity index (χ3v) is 4.41. The smallest absolute Gasteiger partial charge is 0.246 e. The Morgan fingerprint density at radius 1 is 1.03 bits per heavy atom. The van der Waals surface area contributed by atoms with Crippen LogP contribution in [0.15, 0.2) is 60.9 Å². The zero-order valence-corrected chi connectivity index (χ0v) is 16.9. The molecule has 0 saturated heterocycles. The van der Waals surface area contributed by atoms with Gasteiger partial charge in [0.05, 0.1) is 20.6 Å². The first-order valence-corrected chi connectivity index (χ1v) is 9.41. The molecule has 8 heteroatoms. The van der Waals surface area contributed by atoms with Gasteiger partial charge in [0.25, 0.3) is 0 Å². The Bertz CT molecular complexity index is 1000. The first-order valence-electron chi connectivity index (χ1n) is 9.41. The van der Waals surface area contributed by atoms with Crippen molar-refractivity contribution in [2.45, 2.75) is 19.5 Å². The number of nitrogens with zero attached hydrogens (tertiary/aromatic N) is 2. The van der Waals surface area contributed by atoms with Crippen LogP contribution in [0.5, 0.6) is 11.5 Å². The second-order valence-electron chi connectivity index (χ2n) is 6.58. The Kier molecular flexibility index (Phi) is 7.05. The van der Waals surface area contributed by atoms with Gasteiger partial charge in [-0.1, -0.05) is 18.2 Å². The lowest BCUT2D eigenvalue weighted by Gasteiger charge is -2.11. The molecule has 3 aromatic rings. The van der Waals surface area contributed by atoms with E-state index in [0.717, 1.165) is 11.1 Å². The third kappa shape index (κ3) is 5.84. The number of hydrogen-bond donors (Lipinski definition) is 2. The Morgan fingerprint density at radius 3 is 2.63 bits per heavy atom. The Morgan fingerprint density at radius 2 is 1.90 bits per heavy atom. The summed E-state index contributed by atoms with van der Waals surface area (Å²) in [7, 11) is 3.14. The standard InChI is InChI=1S/C22H24N4O4/c1-29-19-8-7-17(20(13-19)30-2)12-21(27)23-14-16-5-3-6-18(11-16)25-22(28)15-26-10-4-9-24-26/h3-11,13H,12,14-15H2,1-2H3,(H,23,27)(H,25,28). The Balaban J connectivity index is 1.54. The van der Waals surface area contributed by atoms with Gasteiger partial charge in [-0.2, -0.15) is 5.10 Å². The minimum Gasteiger partial charge on any atom is -0.497 e. The van der Waals surface area contributed by atoms with Gasteiger partial charge in [-0.25, -0.2) is 0 Å². The molecule has 0 aliphatic heterocycles. The molecule has 0 unspecified atom stereocenters. The van der Waals surface area contributed by atoms with Crippen LogP contribution in [-0.2, 0) is 29.1 Å².